The molecule has 0 aliphatic carbocycles. The van der Waals surface area contributed by atoms with E-state index in [1.165, 1.54) is 0 Å². The molecule has 0 saturated carbocycles. The fourth-order valence-corrected chi connectivity index (χ4v) is 1.60. The average Bonchev–Trinajstić information content (AvgIpc) is 2.75. The van der Waals surface area contributed by atoms with Crippen molar-refractivity contribution in [3.63, 3.8) is 0 Å². The molecule has 2 aromatic rings. The van der Waals surface area contributed by atoms with Gasteiger partial charge in [0.25, 0.3) is 0 Å². The second-order valence-corrected chi connectivity index (χ2v) is 3.73. The van der Waals surface area contributed by atoms with Crippen LogP contribution >= 0.6 is 0 Å². The minimum atomic E-state index is 0.0537. The smallest absolute Gasteiger partial charge is 0.224 e. The molecule has 0 bridgehead atoms. The normalized spacial score (nSPS) is 10.6. The molecule has 2 aromatic heterocycles. The first-order valence-electron chi connectivity index (χ1n) is 5.53. The third kappa shape index (κ3) is 2.21. The van der Waals surface area contributed by atoms with Crippen LogP contribution in [0.1, 0.15) is 26.2 Å². The van der Waals surface area contributed by atoms with Gasteiger partial charge in [0.2, 0.25) is 5.91 Å². The second kappa shape index (κ2) is 4.79. The maximum atomic E-state index is 11.6. The number of hydrogen-bond acceptors (Lipinski definition) is 2. The Morgan fingerprint density at radius 1 is 1.50 bits per heavy atom. The van der Waals surface area contributed by atoms with E-state index in [2.05, 4.69) is 17.2 Å². The Morgan fingerprint density at radius 3 is 3.19 bits per heavy atom. The van der Waals surface area contributed by atoms with Gasteiger partial charge in [0.1, 0.15) is 0 Å². The Morgan fingerprint density at radius 2 is 2.38 bits per heavy atom. The van der Waals surface area contributed by atoms with Gasteiger partial charge in [-0.15, -0.1) is 0 Å². The van der Waals surface area contributed by atoms with Crippen molar-refractivity contribution in [1.29, 1.82) is 0 Å². The molecule has 1 N–H and O–H groups in total. The highest BCUT2D eigenvalue weighted by molar-refractivity contribution is 5.94. The standard InChI is InChI=1S/C12H15N3O/c1-2-3-6-11(16)14-10-5-4-8-15-9-7-13-12(10)15/h4-5,7-9H,2-3,6H2,1H3,(H,14,16). The minimum Gasteiger partial charge on any atom is -0.323 e. The molecule has 0 spiro atoms. The zero-order valence-corrected chi connectivity index (χ0v) is 9.31. The number of rotatable bonds is 4. The van der Waals surface area contributed by atoms with Crippen LogP contribution in [0.15, 0.2) is 30.7 Å². The summed E-state index contributed by atoms with van der Waals surface area (Å²) >= 11 is 0. The van der Waals surface area contributed by atoms with E-state index in [9.17, 15) is 4.79 Å². The van der Waals surface area contributed by atoms with Crippen LogP contribution in [0.4, 0.5) is 5.69 Å². The van der Waals surface area contributed by atoms with Crippen molar-refractivity contribution in [3.05, 3.63) is 30.7 Å². The fraction of sp³-hybridized carbons (Fsp3) is 0.333. The lowest BCUT2D eigenvalue weighted by atomic mass is 10.2. The lowest BCUT2D eigenvalue weighted by Gasteiger charge is -2.05. The third-order valence-electron chi connectivity index (χ3n) is 2.45. The molecule has 2 rings (SSSR count). The summed E-state index contributed by atoms with van der Waals surface area (Å²) in [5, 5.41) is 2.88. The van der Waals surface area contributed by atoms with Gasteiger partial charge < -0.3 is 9.72 Å². The molecule has 2 heterocycles. The Balaban J connectivity index is 2.14. The number of imidazole rings is 1. The summed E-state index contributed by atoms with van der Waals surface area (Å²) in [6, 6.07) is 3.76. The van der Waals surface area contributed by atoms with E-state index in [1.807, 2.05) is 28.9 Å². The number of aromatic nitrogens is 2. The van der Waals surface area contributed by atoms with Gasteiger partial charge in [0, 0.05) is 25.0 Å². The number of carbonyl (C=O) groups is 1. The first kappa shape index (κ1) is 10.7. The van der Waals surface area contributed by atoms with Crippen molar-refractivity contribution in [2.75, 3.05) is 5.32 Å². The molecule has 0 saturated heterocycles. The number of pyridine rings is 1. The van der Waals surface area contributed by atoms with E-state index in [0.29, 0.717) is 6.42 Å². The number of fused-ring (bicyclic) bond motifs is 1. The highest BCUT2D eigenvalue weighted by atomic mass is 16.1. The lowest BCUT2D eigenvalue weighted by Crippen LogP contribution is -2.11. The largest absolute Gasteiger partial charge is 0.323 e. The molecule has 4 heteroatoms. The number of anilines is 1. The second-order valence-electron chi connectivity index (χ2n) is 3.73. The number of hydrogen-bond donors (Lipinski definition) is 1. The van der Waals surface area contributed by atoms with Crippen molar-refractivity contribution in [1.82, 2.24) is 9.38 Å². The van der Waals surface area contributed by atoms with Gasteiger partial charge in [-0.05, 0) is 18.6 Å². The number of nitrogens with zero attached hydrogens (tertiary/aromatic N) is 2. The van der Waals surface area contributed by atoms with E-state index in [-0.39, 0.29) is 5.91 Å². The predicted octanol–water partition coefficient (Wildman–Crippen LogP) is 2.46. The Kier molecular flexibility index (Phi) is 3.19. The van der Waals surface area contributed by atoms with Crippen molar-refractivity contribution < 1.29 is 4.79 Å². The molecule has 0 aromatic carbocycles. The Labute approximate surface area is 94.3 Å². The van der Waals surface area contributed by atoms with E-state index in [0.717, 1.165) is 24.2 Å². The molecule has 0 radical (unpaired) electrons. The molecule has 0 unspecified atom stereocenters. The SMILES string of the molecule is CCCCC(=O)Nc1cccn2ccnc12. The zero-order chi connectivity index (χ0) is 11.4. The summed E-state index contributed by atoms with van der Waals surface area (Å²) in [5.41, 5.74) is 1.56. The molecular formula is C12H15N3O. The number of amides is 1. The first-order valence-corrected chi connectivity index (χ1v) is 5.53. The summed E-state index contributed by atoms with van der Waals surface area (Å²) in [4.78, 5) is 15.8. The van der Waals surface area contributed by atoms with E-state index in [4.69, 9.17) is 0 Å². The fourth-order valence-electron chi connectivity index (χ4n) is 1.60. The van der Waals surface area contributed by atoms with E-state index < -0.39 is 0 Å². The molecule has 1 amide bonds. The van der Waals surface area contributed by atoms with Crippen LogP contribution in [0.25, 0.3) is 5.65 Å². The topological polar surface area (TPSA) is 46.4 Å². The molecule has 4 nitrogen and oxygen atoms in total. The lowest BCUT2D eigenvalue weighted by molar-refractivity contribution is -0.116. The van der Waals surface area contributed by atoms with Gasteiger partial charge in [-0.3, -0.25) is 4.79 Å². The van der Waals surface area contributed by atoms with Crippen molar-refractivity contribution in [2.45, 2.75) is 26.2 Å². The summed E-state index contributed by atoms with van der Waals surface area (Å²) in [6.07, 6.45) is 8.00. The summed E-state index contributed by atoms with van der Waals surface area (Å²) in [7, 11) is 0. The third-order valence-corrected chi connectivity index (χ3v) is 2.45. The number of carbonyl (C=O) groups excluding carboxylic acids is 1. The Bertz CT molecular complexity index is 490. The summed E-state index contributed by atoms with van der Waals surface area (Å²) in [6.45, 7) is 2.07. The van der Waals surface area contributed by atoms with Crippen LogP contribution in [0.3, 0.4) is 0 Å². The quantitative estimate of drug-likeness (QED) is 0.855. The molecule has 16 heavy (non-hydrogen) atoms. The van der Waals surface area contributed by atoms with Crippen molar-refractivity contribution >= 4 is 17.2 Å². The summed E-state index contributed by atoms with van der Waals surface area (Å²) in [5.74, 6) is 0.0537. The number of nitrogens with one attached hydrogen (secondary N) is 1. The maximum absolute atomic E-state index is 11.6. The van der Waals surface area contributed by atoms with Gasteiger partial charge in [0.15, 0.2) is 5.65 Å². The highest BCUT2D eigenvalue weighted by Gasteiger charge is 2.05. The molecule has 0 aliphatic heterocycles. The molecule has 0 aliphatic rings. The van der Waals surface area contributed by atoms with Crippen LogP contribution < -0.4 is 5.32 Å². The van der Waals surface area contributed by atoms with Gasteiger partial charge >= 0.3 is 0 Å². The zero-order valence-electron chi connectivity index (χ0n) is 9.31. The molecule has 0 atom stereocenters. The van der Waals surface area contributed by atoms with Crippen LogP contribution in [0, 0.1) is 0 Å². The predicted molar refractivity (Wildman–Crippen MR) is 63.3 cm³/mol. The van der Waals surface area contributed by atoms with Gasteiger partial charge in [0.05, 0.1) is 5.69 Å². The van der Waals surface area contributed by atoms with E-state index >= 15 is 0 Å². The van der Waals surface area contributed by atoms with E-state index in [1.54, 1.807) is 6.20 Å². The number of unbranched alkanes of at least 4 members (excludes halogenated alkanes) is 1. The molecule has 0 fully saturated rings. The van der Waals surface area contributed by atoms with Gasteiger partial charge in [-0.25, -0.2) is 4.98 Å². The first-order chi connectivity index (χ1) is 7.81. The highest BCUT2D eigenvalue weighted by Crippen LogP contribution is 2.14. The minimum absolute atomic E-state index is 0.0537. The van der Waals surface area contributed by atoms with Crippen LogP contribution in [-0.2, 0) is 4.79 Å². The maximum Gasteiger partial charge on any atom is 0.224 e. The van der Waals surface area contributed by atoms with Gasteiger partial charge in [-0.1, -0.05) is 13.3 Å². The van der Waals surface area contributed by atoms with Crippen LogP contribution in [-0.4, -0.2) is 15.3 Å². The average molecular weight is 217 g/mol. The molecular weight excluding hydrogens is 202 g/mol. The Hall–Kier alpha value is -1.84. The van der Waals surface area contributed by atoms with Crippen molar-refractivity contribution in [2.24, 2.45) is 0 Å². The van der Waals surface area contributed by atoms with Gasteiger partial charge in [-0.2, -0.15) is 0 Å². The van der Waals surface area contributed by atoms with Crippen LogP contribution in [0.2, 0.25) is 0 Å². The summed E-state index contributed by atoms with van der Waals surface area (Å²) < 4.78 is 1.88. The van der Waals surface area contributed by atoms with Crippen LogP contribution in [0.5, 0.6) is 0 Å². The monoisotopic (exact) mass is 217 g/mol. The molecule has 84 valence electrons. The van der Waals surface area contributed by atoms with Crippen molar-refractivity contribution in [3.8, 4) is 0 Å².